The molecule has 2 N–H and O–H groups in total. The van der Waals surface area contributed by atoms with E-state index in [1.165, 1.54) is 0 Å². The zero-order valence-corrected chi connectivity index (χ0v) is 11.6. The molecule has 19 heavy (non-hydrogen) atoms. The Morgan fingerprint density at radius 3 is 2.42 bits per heavy atom. The maximum Gasteiger partial charge on any atom is 0.322 e. The third-order valence-electron chi connectivity index (χ3n) is 3.67. The molecule has 1 aliphatic carbocycles. The van der Waals surface area contributed by atoms with Gasteiger partial charge in [-0.25, -0.2) is 0 Å². The number of carbonyl (C=O) groups is 1. The third kappa shape index (κ3) is 3.65. The second kappa shape index (κ2) is 6.17. The second-order valence-corrected chi connectivity index (χ2v) is 6.66. The van der Waals surface area contributed by atoms with Gasteiger partial charge >= 0.3 is 16.2 Å². The van der Waals surface area contributed by atoms with Gasteiger partial charge in [-0.3, -0.25) is 9.63 Å². The van der Waals surface area contributed by atoms with E-state index in [-0.39, 0.29) is 12.6 Å². The molecule has 1 atom stereocenters. The predicted octanol–water partition coefficient (Wildman–Crippen LogP) is 0.634. The highest BCUT2D eigenvalue weighted by atomic mass is 32.2. The molecule has 0 radical (unpaired) electrons. The van der Waals surface area contributed by atoms with Crippen molar-refractivity contribution >= 4 is 16.2 Å². The minimum absolute atomic E-state index is 0.0946. The summed E-state index contributed by atoms with van der Waals surface area (Å²) in [6.45, 7) is 0.223. The van der Waals surface area contributed by atoms with Crippen LogP contribution in [0.5, 0.6) is 0 Å². The van der Waals surface area contributed by atoms with Crippen LogP contribution in [-0.4, -0.2) is 42.5 Å². The minimum Gasteiger partial charge on any atom is -0.480 e. The van der Waals surface area contributed by atoms with Gasteiger partial charge in [0.05, 0.1) is 6.10 Å². The van der Waals surface area contributed by atoms with Gasteiger partial charge in [-0.05, 0) is 32.1 Å². The number of hydrogen-bond acceptors (Lipinski definition) is 4. The molecule has 2 fully saturated rings. The first kappa shape index (κ1) is 14.7. The van der Waals surface area contributed by atoms with Gasteiger partial charge < -0.3 is 5.11 Å². The van der Waals surface area contributed by atoms with Crippen molar-refractivity contribution in [2.75, 3.05) is 6.54 Å². The summed E-state index contributed by atoms with van der Waals surface area (Å²) in [6, 6.07) is -0.988. The molecule has 7 nitrogen and oxygen atoms in total. The van der Waals surface area contributed by atoms with E-state index in [0.29, 0.717) is 12.8 Å². The van der Waals surface area contributed by atoms with Crippen LogP contribution in [0, 0.1) is 0 Å². The normalized spacial score (nSPS) is 26.6. The van der Waals surface area contributed by atoms with Gasteiger partial charge in [0.1, 0.15) is 6.04 Å². The molecular weight excluding hydrogens is 272 g/mol. The minimum atomic E-state index is -3.88. The summed E-state index contributed by atoms with van der Waals surface area (Å²) in [5, 5.41) is 9.08. The lowest BCUT2D eigenvalue weighted by Crippen LogP contribution is -2.52. The smallest absolute Gasteiger partial charge is 0.322 e. The molecule has 8 heteroatoms. The van der Waals surface area contributed by atoms with Crippen molar-refractivity contribution in [2.24, 2.45) is 0 Å². The first-order chi connectivity index (χ1) is 9.00. The van der Waals surface area contributed by atoms with Crippen LogP contribution >= 0.6 is 0 Å². The fraction of sp³-hybridized carbons (Fsp3) is 0.909. The molecule has 0 aromatic heterocycles. The molecule has 2 rings (SSSR count). The van der Waals surface area contributed by atoms with E-state index < -0.39 is 22.2 Å². The zero-order valence-electron chi connectivity index (χ0n) is 10.7. The van der Waals surface area contributed by atoms with Gasteiger partial charge in [0.2, 0.25) is 0 Å². The van der Waals surface area contributed by atoms with Crippen LogP contribution < -0.4 is 4.89 Å². The summed E-state index contributed by atoms with van der Waals surface area (Å²) >= 11 is 0. The summed E-state index contributed by atoms with van der Waals surface area (Å²) in [4.78, 5) is 18.4. The molecule has 2 aliphatic rings. The van der Waals surface area contributed by atoms with E-state index in [1.54, 1.807) is 0 Å². The van der Waals surface area contributed by atoms with Crippen molar-refractivity contribution < 1.29 is 23.2 Å². The largest absolute Gasteiger partial charge is 0.480 e. The molecule has 1 saturated carbocycles. The fourth-order valence-electron chi connectivity index (χ4n) is 2.62. The van der Waals surface area contributed by atoms with Gasteiger partial charge in [0.25, 0.3) is 0 Å². The van der Waals surface area contributed by atoms with Crippen LogP contribution in [0.3, 0.4) is 0 Å². The molecule has 1 aliphatic heterocycles. The van der Waals surface area contributed by atoms with Crippen molar-refractivity contribution in [3.63, 3.8) is 0 Å². The van der Waals surface area contributed by atoms with Crippen LogP contribution in [0.4, 0.5) is 0 Å². The Balaban J connectivity index is 1.97. The molecule has 0 aromatic rings. The zero-order chi connectivity index (χ0) is 13.9. The Bertz CT molecular complexity index is 419. The summed E-state index contributed by atoms with van der Waals surface area (Å²) in [6.07, 6.45) is 5.40. The lowest BCUT2D eigenvalue weighted by molar-refractivity contribution is -0.142. The maximum absolute atomic E-state index is 12.1. The highest BCUT2D eigenvalue weighted by Gasteiger charge is 2.37. The van der Waals surface area contributed by atoms with Crippen molar-refractivity contribution in [1.82, 2.24) is 9.19 Å². The molecule has 0 spiro atoms. The van der Waals surface area contributed by atoms with E-state index >= 15 is 0 Å². The van der Waals surface area contributed by atoms with Gasteiger partial charge in [0.15, 0.2) is 0 Å². The Morgan fingerprint density at radius 2 is 1.79 bits per heavy atom. The molecule has 0 bridgehead atoms. The SMILES string of the molecule is O=C(O)C1CCCCN1S(=O)(=O)NOC1CCCC1. The van der Waals surface area contributed by atoms with Crippen molar-refractivity contribution in [3.8, 4) is 0 Å². The van der Waals surface area contributed by atoms with Crippen LogP contribution in [-0.2, 0) is 19.8 Å². The summed E-state index contributed by atoms with van der Waals surface area (Å²) in [5.74, 6) is -1.11. The van der Waals surface area contributed by atoms with Crippen LogP contribution in [0.1, 0.15) is 44.9 Å². The third-order valence-corrected chi connectivity index (χ3v) is 5.03. The van der Waals surface area contributed by atoms with Crippen LogP contribution in [0.2, 0.25) is 0 Å². The number of rotatable bonds is 5. The Labute approximate surface area is 113 Å². The lowest BCUT2D eigenvalue weighted by atomic mass is 10.1. The number of nitrogens with one attached hydrogen (secondary N) is 1. The van der Waals surface area contributed by atoms with Crippen LogP contribution in [0.15, 0.2) is 0 Å². The Morgan fingerprint density at radius 1 is 1.16 bits per heavy atom. The van der Waals surface area contributed by atoms with E-state index in [2.05, 4.69) is 4.89 Å². The maximum atomic E-state index is 12.1. The molecular formula is C11H20N2O5S. The van der Waals surface area contributed by atoms with E-state index in [4.69, 9.17) is 9.94 Å². The first-order valence-electron chi connectivity index (χ1n) is 6.68. The number of carboxylic acid groups (broad SMARTS) is 1. The number of hydrogen-bond donors (Lipinski definition) is 2. The van der Waals surface area contributed by atoms with E-state index in [1.807, 2.05) is 0 Å². The van der Waals surface area contributed by atoms with Crippen molar-refractivity contribution in [1.29, 1.82) is 0 Å². The first-order valence-corrected chi connectivity index (χ1v) is 8.12. The summed E-state index contributed by atoms with van der Waals surface area (Å²) in [5.41, 5.74) is 0. The second-order valence-electron chi connectivity index (χ2n) is 5.07. The lowest BCUT2D eigenvalue weighted by Gasteiger charge is -2.31. The number of nitrogens with zero attached hydrogens (tertiary/aromatic N) is 1. The molecule has 1 saturated heterocycles. The van der Waals surface area contributed by atoms with Crippen LogP contribution in [0.25, 0.3) is 0 Å². The van der Waals surface area contributed by atoms with Gasteiger partial charge in [-0.1, -0.05) is 17.7 Å². The highest BCUT2D eigenvalue weighted by molar-refractivity contribution is 7.87. The van der Waals surface area contributed by atoms with E-state index in [0.717, 1.165) is 36.4 Å². The average Bonchev–Trinajstić information content (AvgIpc) is 2.89. The topological polar surface area (TPSA) is 95.9 Å². The Kier molecular flexibility index (Phi) is 4.77. The van der Waals surface area contributed by atoms with Gasteiger partial charge in [0, 0.05) is 6.54 Å². The quantitative estimate of drug-likeness (QED) is 0.725. The standard InChI is InChI=1S/C11H20N2O5S/c14-11(15)10-7-3-4-8-13(10)19(16,17)12-18-9-5-1-2-6-9/h9-10,12H,1-8H2,(H,14,15). The molecule has 0 amide bonds. The number of piperidine rings is 1. The fourth-order valence-corrected chi connectivity index (χ4v) is 3.88. The average molecular weight is 292 g/mol. The number of aliphatic carboxylic acids is 1. The van der Waals surface area contributed by atoms with E-state index in [9.17, 15) is 13.2 Å². The van der Waals surface area contributed by atoms with Gasteiger partial charge in [-0.2, -0.15) is 12.7 Å². The molecule has 1 heterocycles. The highest BCUT2D eigenvalue weighted by Crippen LogP contribution is 2.22. The number of carboxylic acids is 1. The summed E-state index contributed by atoms with van der Waals surface area (Å²) in [7, 11) is -3.88. The monoisotopic (exact) mass is 292 g/mol. The molecule has 110 valence electrons. The Hall–Kier alpha value is -0.700. The summed E-state index contributed by atoms with van der Waals surface area (Å²) < 4.78 is 25.2. The predicted molar refractivity (Wildman–Crippen MR) is 67.4 cm³/mol. The molecule has 1 unspecified atom stereocenters. The molecule has 0 aromatic carbocycles. The van der Waals surface area contributed by atoms with Crippen molar-refractivity contribution in [3.05, 3.63) is 0 Å². The van der Waals surface area contributed by atoms with Crippen molar-refractivity contribution in [2.45, 2.75) is 57.1 Å². The van der Waals surface area contributed by atoms with Gasteiger partial charge in [-0.15, -0.1) is 0 Å².